The van der Waals surface area contributed by atoms with E-state index < -0.39 is 5.97 Å². The Morgan fingerprint density at radius 1 is 1.24 bits per heavy atom. The Bertz CT molecular complexity index is 566. The highest BCUT2D eigenvalue weighted by atomic mass is 16.4. The minimum absolute atomic E-state index is 0.0933. The monoisotopic (exact) mass is 288 g/mol. The first kappa shape index (κ1) is 15.1. The van der Waals surface area contributed by atoms with E-state index in [4.69, 9.17) is 9.52 Å². The van der Waals surface area contributed by atoms with Gasteiger partial charge in [0.1, 0.15) is 5.76 Å². The lowest BCUT2D eigenvalue weighted by Crippen LogP contribution is -2.24. The summed E-state index contributed by atoms with van der Waals surface area (Å²) in [5, 5.41) is 8.69. The molecule has 0 aliphatic rings. The minimum Gasteiger partial charge on any atom is -0.481 e. The summed E-state index contributed by atoms with van der Waals surface area (Å²) in [4.78, 5) is 16.7. The molecule has 2 aromatic rings. The Kier molecular flexibility index (Phi) is 5.37. The number of carbonyl (C=O) groups is 1. The summed E-state index contributed by atoms with van der Waals surface area (Å²) in [5.41, 5.74) is 1.24. The van der Waals surface area contributed by atoms with Crippen molar-refractivity contribution >= 4 is 11.9 Å². The number of nitrogens with zero attached hydrogens (tertiary/aromatic N) is 2. The molecule has 2 aromatic heterocycles. The second-order valence-corrected chi connectivity index (χ2v) is 4.82. The quantitative estimate of drug-likeness (QED) is 0.809. The van der Waals surface area contributed by atoms with Crippen LogP contribution in [0.1, 0.15) is 24.7 Å². The molecule has 0 saturated carbocycles. The second kappa shape index (κ2) is 7.47. The van der Waals surface area contributed by atoms with E-state index >= 15 is 0 Å². The molecule has 0 saturated heterocycles. The van der Waals surface area contributed by atoms with Gasteiger partial charge in [0.15, 0.2) is 5.88 Å². The van der Waals surface area contributed by atoms with Crippen molar-refractivity contribution in [1.82, 2.24) is 4.98 Å². The summed E-state index contributed by atoms with van der Waals surface area (Å²) >= 11 is 0. The zero-order chi connectivity index (χ0) is 15.1. The van der Waals surface area contributed by atoms with Crippen LogP contribution in [0.4, 0.5) is 5.88 Å². The Morgan fingerprint density at radius 3 is 2.67 bits per heavy atom. The van der Waals surface area contributed by atoms with Gasteiger partial charge < -0.3 is 14.4 Å². The molecule has 21 heavy (non-hydrogen) atoms. The number of aryl methyl sites for hydroxylation is 1. The van der Waals surface area contributed by atoms with Crippen LogP contribution in [0.15, 0.2) is 41.1 Å². The lowest BCUT2D eigenvalue weighted by molar-refractivity contribution is -0.137. The first-order chi connectivity index (χ1) is 10.2. The number of likely N-dealkylation sites (N-methyl/N-ethyl adjacent to an activating group) is 1. The van der Waals surface area contributed by atoms with E-state index in [9.17, 15) is 4.79 Å². The maximum Gasteiger partial charge on any atom is 0.303 e. The van der Waals surface area contributed by atoms with Crippen molar-refractivity contribution in [3.8, 4) is 0 Å². The molecule has 0 unspecified atom stereocenters. The zero-order valence-electron chi connectivity index (χ0n) is 12.2. The van der Waals surface area contributed by atoms with Gasteiger partial charge in [-0.2, -0.15) is 0 Å². The van der Waals surface area contributed by atoms with E-state index in [1.54, 1.807) is 12.4 Å². The lowest BCUT2D eigenvalue weighted by atomic mass is 10.2. The number of rotatable bonds is 8. The minimum atomic E-state index is -0.807. The molecule has 2 heterocycles. The van der Waals surface area contributed by atoms with Gasteiger partial charge in [-0.25, -0.2) is 0 Å². The van der Waals surface area contributed by atoms with Crippen LogP contribution < -0.4 is 4.90 Å². The molecule has 5 nitrogen and oxygen atoms in total. The smallest absolute Gasteiger partial charge is 0.303 e. The molecule has 0 radical (unpaired) electrons. The summed E-state index contributed by atoms with van der Waals surface area (Å²) < 4.78 is 5.73. The third-order valence-corrected chi connectivity index (χ3v) is 3.35. The predicted molar refractivity (Wildman–Crippen MR) is 80.5 cm³/mol. The number of carboxylic acids is 1. The van der Waals surface area contributed by atoms with Gasteiger partial charge in [-0.3, -0.25) is 9.78 Å². The summed E-state index contributed by atoms with van der Waals surface area (Å²) in [7, 11) is 0. The average molecular weight is 288 g/mol. The van der Waals surface area contributed by atoms with E-state index in [1.165, 1.54) is 5.56 Å². The van der Waals surface area contributed by atoms with Crippen molar-refractivity contribution in [3.63, 3.8) is 0 Å². The van der Waals surface area contributed by atoms with Crippen LogP contribution in [0, 0.1) is 0 Å². The SMILES string of the molecule is CCN(CCc1ccncc1)c1ccc(CCC(=O)O)o1. The van der Waals surface area contributed by atoms with E-state index in [0.717, 1.165) is 31.2 Å². The third-order valence-electron chi connectivity index (χ3n) is 3.35. The molecular formula is C16H20N2O3. The van der Waals surface area contributed by atoms with Gasteiger partial charge in [-0.05, 0) is 37.1 Å². The highest BCUT2D eigenvalue weighted by Gasteiger charge is 2.10. The van der Waals surface area contributed by atoms with Gasteiger partial charge in [0, 0.05) is 38.0 Å². The van der Waals surface area contributed by atoms with Crippen LogP contribution in [-0.2, 0) is 17.6 Å². The van der Waals surface area contributed by atoms with Crippen molar-refractivity contribution in [2.75, 3.05) is 18.0 Å². The fourth-order valence-electron chi connectivity index (χ4n) is 2.14. The van der Waals surface area contributed by atoms with E-state index in [2.05, 4.69) is 16.8 Å². The molecule has 0 aliphatic heterocycles. The van der Waals surface area contributed by atoms with Crippen LogP contribution in [-0.4, -0.2) is 29.1 Å². The number of anilines is 1. The Balaban J connectivity index is 1.92. The lowest BCUT2D eigenvalue weighted by Gasteiger charge is -2.19. The maximum atomic E-state index is 10.6. The summed E-state index contributed by atoms with van der Waals surface area (Å²) in [6.45, 7) is 3.77. The fourth-order valence-corrected chi connectivity index (χ4v) is 2.14. The molecule has 0 bridgehead atoms. The summed E-state index contributed by atoms with van der Waals surface area (Å²) in [5.74, 6) is 0.708. The third kappa shape index (κ3) is 4.63. The van der Waals surface area contributed by atoms with E-state index in [1.807, 2.05) is 24.3 Å². The number of carboxylic acid groups (broad SMARTS) is 1. The highest BCUT2D eigenvalue weighted by Crippen LogP contribution is 2.20. The number of aromatic nitrogens is 1. The van der Waals surface area contributed by atoms with Crippen molar-refractivity contribution in [2.24, 2.45) is 0 Å². The molecule has 0 aliphatic carbocycles. The molecule has 0 spiro atoms. The van der Waals surface area contributed by atoms with Crippen LogP contribution >= 0.6 is 0 Å². The molecule has 0 fully saturated rings. The maximum absolute atomic E-state index is 10.6. The topological polar surface area (TPSA) is 66.6 Å². The molecule has 2 rings (SSSR count). The normalized spacial score (nSPS) is 10.5. The second-order valence-electron chi connectivity index (χ2n) is 4.82. The van der Waals surface area contributed by atoms with Gasteiger partial charge in [-0.1, -0.05) is 0 Å². The van der Waals surface area contributed by atoms with Crippen LogP contribution in [0.2, 0.25) is 0 Å². The van der Waals surface area contributed by atoms with Crippen LogP contribution in [0.5, 0.6) is 0 Å². The van der Waals surface area contributed by atoms with Gasteiger partial charge in [0.05, 0.1) is 6.42 Å². The van der Waals surface area contributed by atoms with Gasteiger partial charge in [0.25, 0.3) is 0 Å². The van der Waals surface area contributed by atoms with Crippen molar-refractivity contribution in [3.05, 3.63) is 48.0 Å². The Morgan fingerprint density at radius 2 is 2.00 bits per heavy atom. The Hall–Kier alpha value is -2.30. The van der Waals surface area contributed by atoms with Gasteiger partial charge in [-0.15, -0.1) is 0 Å². The number of hydrogen-bond donors (Lipinski definition) is 1. The summed E-state index contributed by atoms with van der Waals surface area (Å²) in [6.07, 6.45) is 5.03. The van der Waals surface area contributed by atoms with Crippen molar-refractivity contribution < 1.29 is 14.3 Å². The Labute approximate surface area is 124 Å². The van der Waals surface area contributed by atoms with Crippen molar-refractivity contribution in [2.45, 2.75) is 26.2 Å². The van der Waals surface area contributed by atoms with Gasteiger partial charge >= 0.3 is 5.97 Å². The molecule has 5 heteroatoms. The molecule has 0 atom stereocenters. The molecular weight excluding hydrogens is 268 g/mol. The number of aliphatic carboxylic acids is 1. The number of pyridine rings is 1. The summed E-state index contributed by atoms with van der Waals surface area (Å²) in [6, 6.07) is 7.78. The fraction of sp³-hybridized carbons (Fsp3) is 0.375. The first-order valence-electron chi connectivity index (χ1n) is 7.13. The average Bonchev–Trinajstić information content (AvgIpc) is 2.96. The zero-order valence-corrected chi connectivity index (χ0v) is 12.2. The predicted octanol–water partition coefficient (Wildman–Crippen LogP) is 2.76. The standard InChI is InChI=1S/C16H20N2O3/c1-2-18(12-9-13-7-10-17-11-8-13)15-5-3-14(21-15)4-6-16(19)20/h3,5,7-8,10-11H,2,4,6,9,12H2,1H3,(H,19,20). The highest BCUT2D eigenvalue weighted by molar-refractivity contribution is 5.66. The number of furan rings is 1. The number of hydrogen-bond acceptors (Lipinski definition) is 4. The molecule has 112 valence electrons. The van der Waals surface area contributed by atoms with Crippen LogP contribution in [0.3, 0.4) is 0 Å². The van der Waals surface area contributed by atoms with Crippen molar-refractivity contribution in [1.29, 1.82) is 0 Å². The van der Waals surface area contributed by atoms with Gasteiger partial charge in [0.2, 0.25) is 0 Å². The van der Waals surface area contributed by atoms with E-state index in [-0.39, 0.29) is 6.42 Å². The van der Waals surface area contributed by atoms with E-state index in [0.29, 0.717) is 6.42 Å². The molecule has 0 amide bonds. The first-order valence-corrected chi connectivity index (χ1v) is 7.13. The largest absolute Gasteiger partial charge is 0.481 e. The molecule has 1 N–H and O–H groups in total. The molecule has 0 aromatic carbocycles. The van der Waals surface area contributed by atoms with Crippen LogP contribution in [0.25, 0.3) is 0 Å².